The largest absolute Gasteiger partial charge is 0.382 e. The van der Waals surface area contributed by atoms with Crippen LogP contribution in [0.2, 0.25) is 0 Å². The van der Waals surface area contributed by atoms with Crippen molar-refractivity contribution in [3.05, 3.63) is 41.2 Å². The summed E-state index contributed by atoms with van der Waals surface area (Å²) in [5, 5.41) is 8.85. The zero-order valence-corrected chi connectivity index (χ0v) is 9.38. The Morgan fingerprint density at radius 3 is 2.47 bits per heavy atom. The smallest absolute Gasteiger partial charge is 0.123 e. The maximum absolute atomic E-state index is 12.6. The predicted molar refractivity (Wildman–Crippen MR) is 59.6 cm³/mol. The van der Waals surface area contributed by atoms with Crippen molar-refractivity contribution < 1.29 is 4.39 Å². The average molecular weight is 222 g/mol. The van der Waals surface area contributed by atoms with Gasteiger partial charge in [-0.15, -0.1) is 0 Å². The van der Waals surface area contributed by atoms with Crippen molar-refractivity contribution in [1.29, 1.82) is 5.26 Å². The van der Waals surface area contributed by atoms with Crippen LogP contribution in [0.25, 0.3) is 0 Å². The van der Waals surface area contributed by atoms with E-state index < -0.39 is 0 Å². The fraction of sp³-hybridized carbons (Fsp3) is 0.182. The molecule has 0 amide bonds. The molecular weight excluding hydrogens is 211 g/mol. The van der Waals surface area contributed by atoms with Crippen molar-refractivity contribution in [1.82, 2.24) is 4.90 Å². The van der Waals surface area contributed by atoms with Gasteiger partial charge in [0.05, 0.1) is 0 Å². The molecule has 4 heteroatoms. The van der Waals surface area contributed by atoms with E-state index >= 15 is 0 Å². The summed E-state index contributed by atoms with van der Waals surface area (Å²) >= 11 is 1.32. The molecule has 15 heavy (non-hydrogen) atoms. The maximum Gasteiger partial charge on any atom is 0.123 e. The second kappa shape index (κ2) is 5.42. The van der Waals surface area contributed by atoms with Crippen LogP contribution >= 0.6 is 11.8 Å². The van der Waals surface area contributed by atoms with E-state index in [-0.39, 0.29) is 5.82 Å². The molecule has 0 saturated heterocycles. The fourth-order valence-electron chi connectivity index (χ4n) is 0.942. The number of hydrogen-bond acceptors (Lipinski definition) is 3. The van der Waals surface area contributed by atoms with Gasteiger partial charge in [-0.2, -0.15) is 5.26 Å². The molecule has 0 aromatic heterocycles. The Balaban J connectivity index is 2.77. The predicted octanol–water partition coefficient (Wildman–Crippen LogP) is 2.84. The first-order valence-corrected chi connectivity index (χ1v) is 5.15. The van der Waals surface area contributed by atoms with Gasteiger partial charge in [0, 0.05) is 25.2 Å². The highest BCUT2D eigenvalue weighted by Crippen LogP contribution is 2.25. The van der Waals surface area contributed by atoms with E-state index in [9.17, 15) is 4.39 Å². The molecular formula is C11H11FN2S. The van der Waals surface area contributed by atoms with Gasteiger partial charge in [0.25, 0.3) is 0 Å². The molecule has 0 atom stereocenters. The highest BCUT2D eigenvalue weighted by Gasteiger charge is 2.00. The molecule has 0 spiro atoms. The van der Waals surface area contributed by atoms with Crippen LogP contribution in [0.15, 0.2) is 40.3 Å². The zero-order chi connectivity index (χ0) is 11.3. The third kappa shape index (κ3) is 4.05. The zero-order valence-electron chi connectivity index (χ0n) is 8.57. The van der Waals surface area contributed by atoms with E-state index in [1.54, 1.807) is 23.2 Å². The minimum Gasteiger partial charge on any atom is -0.382 e. The van der Waals surface area contributed by atoms with E-state index in [1.165, 1.54) is 23.9 Å². The van der Waals surface area contributed by atoms with Crippen molar-refractivity contribution in [2.75, 3.05) is 14.1 Å². The highest BCUT2D eigenvalue weighted by molar-refractivity contribution is 8.03. The molecule has 0 fully saturated rings. The number of nitriles is 1. The number of benzene rings is 1. The van der Waals surface area contributed by atoms with Gasteiger partial charge in [0.1, 0.15) is 16.8 Å². The van der Waals surface area contributed by atoms with E-state index in [1.807, 2.05) is 14.1 Å². The molecule has 1 rings (SSSR count). The molecule has 0 N–H and O–H groups in total. The van der Waals surface area contributed by atoms with Crippen molar-refractivity contribution in [3.63, 3.8) is 0 Å². The Kier molecular flexibility index (Phi) is 4.19. The lowest BCUT2D eigenvalue weighted by Crippen LogP contribution is -2.01. The van der Waals surface area contributed by atoms with Gasteiger partial charge < -0.3 is 4.90 Å². The van der Waals surface area contributed by atoms with E-state index in [2.05, 4.69) is 6.07 Å². The van der Waals surface area contributed by atoms with E-state index in [0.29, 0.717) is 4.91 Å². The Morgan fingerprint density at radius 1 is 1.40 bits per heavy atom. The van der Waals surface area contributed by atoms with Crippen molar-refractivity contribution in [2.24, 2.45) is 0 Å². The summed E-state index contributed by atoms with van der Waals surface area (Å²) in [4.78, 5) is 3.23. The van der Waals surface area contributed by atoms with Gasteiger partial charge in [0.15, 0.2) is 0 Å². The summed E-state index contributed by atoms with van der Waals surface area (Å²) < 4.78 is 12.6. The summed E-state index contributed by atoms with van der Waals surface area (Å²) in [5.41, 5.74) is 0. The molecule has 1 aromatic carbocycles. The van der Waals surface area contributed by atoms with Crippen molar-refractivity contribution in [2.45, 2.75) is 4.90 Å². The van der Waals surface area contributed by atoms with Crippen molar-refractivity contribution in [3.8, 4) is 6.07 Å². The van der Waals surface area contributed by atoms with Gasteiger partial charge in [0.2, 0.25) is 0 Å². The quantitative estimate of drug-likeness (QED) is 0.581. The highest BCUT2D eigenvalue weighted by atomic mass is 32.2. The molecule has 0 radical (unpaired) electrons. The number of nitrogens with zero attached hydrogens (tertiary/aromatic N) is 2. The van der Waals surface area contributed by atoms with Crippen LogP contribution in [-0.4, -0.2) is 19.0 Å². The molecule has 0 bridgehead atoms. The Bertz CT molecular complexity index is 390. The average Bonchev–Trinajstić information content (AvgIpc) is 2.19. The summed E-state index contributed by atoms with van der Waals surface area (Å²) in [6, 6.07) is 8.16. The summed E-state index contributed by atoms with van der Waals surface area (Å²) in [6.45, 7) is 0. The number of thioether (sulfide) groups is 1. The first-order chi connectivity index (χ1) is 7.11. The van der Waals surface area contributed by atoms with Gasteiger partial charge in [-0.3, -0.25) is 0 Å². The third-order valence-corrected chi connectivity index (χ3v) is 2.45. The Hall–Kier alpha value is -1.47. The standard InChI is InChI=1S/C11H11FN2S/c1-14(2)8-11(7-13)15-10-5-3-9(12)4-6-10/h3-6,8H,1-2H3/b11-8+. The van der Waals surface area contributed by atoms with Gasteiger partial charge in [-0.1, -0.05) is 11.8 Å². The van der Waals surface area contributed by atoms with E-state index in [0.717, 1.165) is 4.90 Å². The molecule has 0 heterocycles. The lowest BCUT2D eigenvalue weighted by molar-refractivity contribution is 0.563. The Morgan fingerprint density at radius 2 is 2.00 bits per heavy atom. The van der Waals surface area contributed by atoms with Crippen LogP contribution in [0.1, 0.15) is 0 Å². The van der Waals surface area contributed by atoms with E-state index in [4.69, 9.17) is 5.26 Å². The molecule has 0 aliphatic rings. The lowest BCUT2D eigenvalue weighted by Gasteiger charge is -2.05. The number of halogens is 1. The third-order valence-electron chi connectivity index (χ3n) is 1.53. The molecule has 0 aliphatic carbocycles. The van der Waals surface area contributed by atoms with Crippen molar-refractivity contribution >= 4 is 11.8 Å². The van der Waals surface area contributed by atoms with Crippen LogP contribution < -0.4 is 0 Å². The first-order valence-electron chi connectivity index (χ1n) is 4.33. The van der Waals surface area contributed by atoms with Crippen LogP contribution in [0.3, 0.4) is 0 Å². The molecule has 0 aliphatic heterocycles. The molecule has 0 saturated carbocycles. The molecule has 0 unspecified atom stereocenters. The fourth-order valence-corrected chi connectivity index (χ4v) is 1.78. The van der Waals surface area contributed by atoms with Gasteiger partial charge in [-0.05, 0) is 24.3 Å². The summed E-state index contributed by atoms with van der Waals surface area (Å²) in [7, 11) is 3.70. The number of rotatable bonds is 3. The van der Waals surface area contributed by atoms with Crippen LogP contribution in [0, 0.1) is 17.1 Å². The monoisotopic (exact) mass is 222 g/mol. The Labute approximate surface area is 93.0 Å². The van der Waals surface area contributed by atoms with Gasteiger partial charge >= 0.3 is 0 Å². The maximum atomic E-state index is 12.6. The lowest BCUT2D eigenvalue weighted by atomic mass is 10.4. The topological polar surface area (TPSA) is 27.0 Å². The minimum atomic E-state index is -0.269. The summed E-state index contributed by atoms with van der Waals surface area (Å²) in [5.74, 6) is -0.269. The molecule has 1 aromatic rings. The minimum absolute atomic E-state index is 0.269. The SMILES string of the molecule is CN(C)/C=C(\C#N)Sc1ccc(F)cc1. The first kappa shape index (κ1) is 11.6. The van der Waals surface area contributed by atoms with Crippen LogP contribution in [0.4, 0.5) is 4.39 Å². The normalized spacial score (nSPS) is 10.9. The van der Waals surface area contributed by atoms with Gasteiger partial charge in [-0.25, -0.2) is 4.39 Å². The molecule has 2 nitrogen and oxygen atoms in total. The second-order valence-corrected chi connectivity index (χ2v) is 4.24. The summed E-state index contributed by atoms with van der Waals surface area (Å²) in [6.07, 6.45) is 1.73. The number of hydrogen-bond donors (Lipinski definition) is 0. The number of allylic oxidation sites excluding steroid dienone is 1. The second-order valence-electron chi connectivity index (χ2n) is 3.12. The van der Waals surface area contributed by atoms with Crippen LogP contribution in [0.5, 0.6) is 0 Å². The molecule has 78 valence electrons. The van der Waals surface area contributed by atoms with Crippen LogP contribution in [-0.2, 0) is 0 Å².